The molecule has 2 aromatic carbocycles. The third kappa shape index (κ3) is 2.05. The first kappa shape index (κ1) is 13.5. The molecule has 0 spiro atoms. The number of carbonyl (C=O) groups excluding carboxylic acids is 1. The average molecular weight is 308 g/mol. The van der Waals surface area contributed by atoms with E-state index in [1.165, 1.54) is 16.7 Å². The number of hydrogen-bond acceptors (Lipinski definition) is 1. The first-order valence-electron chi connectivity index (χ1n) is 7.41. The van der Waals surface area contributed by atoms with Crippen LogP contribution in [0.4, 0.5) is 0 Å². The summed E-state index contributed by atoms with van der Waals surface area (Å²) in [6.45, 7) is 3.60. The number of aryl methyl sites for hydroxylation is 1. The van der Waals surface area contributed by atoms with Gasteiger partial charge < -0.3 is 9.88 Å². The zero-order valence-electron chi connectivity index (χ0n) is 12.4. The van der Waals surface area contributed by atoms with Gasteiger partial charge in [-0.25, -0.2) is 0 Å². The fraction of sp³-hybridized carbons (Fsp3) is 0.167. The van der Waals surface area contributed by atoms with Crippen LogP contribution in [0.25, 0.3) is 22.0 Å². The van der Waals surface area contributed by atoms with E-state index in [0.717, 1.165) is 28.4 Å². The summed E-state index contributed by atoms with van der Waals surface area (Å²) in [7, 11) is 2.77. The number of rotatable bonds is 1. The first-order chi connectivity index (χ1) is 10.6. The molecule has 110 valence electrons. The van der Waals surface area contributed by atoms with E-state index in [1.54, 1.807) is 0 Å². The lowest BCUT2D eigenvalue weighted by Gasteiger charge is -2.18. The van der Waals surface area contributed by atoms with Crippen LogP contribution in [0, 0.1) is 6.92 Å². The van der Waals surface area contributed by atoms with Crippen molar-refractivity contribution in [2.24, 2.45) is 0 Å². The first-order valence-corrected chi connectivity index (χ1v) is 7.99. The van der Waals surface area contributed by atoms with Crippen LogP contribution < -0.4 is 10.6 Å². The lowest BCUT2D eigenvalue weighted by atomic mass is 10.0. The highest BCUT2D eigenvalue weighted by Crippen LogP contribution is 2.32. The van der Waals surface area contributed by atoms with Gasteiger partial charge in [-0.2, -0.15) is 0 Å². The molecule has 22 heavy (non-hydrogen) atoms. The van der Waals surface area contributed by atoms with E-state index in [-0.39, 0.29) is 5.91 Å². The molecule has 0 bridgehead atoms. The van der Waals surface area contributed by atoms with Crippen LogP contribution in [0.3, 0.4) is 0 Å². The number of benzene rings is 2. The Kier molecular flexibility index (Phi) is 3.05. The van der Waals surface area contributed by atoms with E-state index in [9.17, 15) is 4.79 Å². The Morgan fingerprint density at radius 3 is 2.68 bits per heavy atom. The van der Waals surface area contributed by atoms with Gasteiger partial charge in [0.25, 0.3) is 5.91 Å². The fourth-order valence-electron chi connectivity index (χ4n) is 3.18. The molecule has 0 fully saturated rings. The summed E-state index contributed by atoms with van der Waals surface area (Å²) < 4.78 is 2.15. The summed E-state index contributed by atoms with van der Waals surface area (Å²) in [6.07, 6.45) is 0. The zero-order valence-corrected chi connectivity index (χ0v) is 13.5. The van der Waals surface area contributed by atoms with Crippen LogP contribution in [0.15, 0.2) is 42.5 Å². The smallest absolute Gasteiger partial charge is 0.268 e. The molecule has 1 aliphatic heterocycles. The molecule has 3 aromatic rings. The molecule has 2 heterocycles. The van der Waals surface area contributed by atoms with Gasteiger partial charge in [-0.05, 0) is 36.0 Å². The number of nitrogens with zero attached hydrogens (tertiary/aromatic N) is 1. The van der Waals surface area contributed by atoms with Gasteiger partial charge >= 0.3 is 0 Å². The van der Waals surface area contributed by atoms with Crippen molar-refractivity contribution in [3.63, 3.8) is 0 Å². The van der Waals surface area contributed by atoms with Crippen LogP contribution in [0.1, 0.15) is 16.1 Å². The molecule has 1 atom stereocenters. The van der Waals surface area contributed by atoms with Crippen molar-refractivity contribution >= 4 is 31.4 Å². The van der Waals surface area contributed by atoms with Crippen LogP contribution in [0.2, 0.25) is 0 Å². The molecule has 0 radical (unpaired) electrons. The van der Waals surface area contributed by atoms with Crippen molar-refractivity contribution in [1.29, 1.82) is 0 Å². The molecule has 1 amide bonds. The Bertz CT molecular complexity index is 894. The van der Waals surface area contributed by atoms with Crippen molar-refractivity contribution in [2.75, 3.05) is 6.54 Å². The summed E-state index contributed by atoms with van der Waals surface area (Å²) in [5, 5.41) is 5.17. The van der Waals surface area contributed by atoms with E-state index >= 15 is 0 Å². The largest absolute Gasteiger partial charge is 0.349 e. The maximum atomic E-state index is 12.1. The SMILES string of the molecule is Cc1ccc(-c2cc(P)cc3cc4n(c23)CCNC4=O)cc1. The maximum Gasteiger partial charge on any atom is 0.268 e. The number of carbonyl (C=O) groups is 1. The van der Waals surface area contributed by atoms with Crippen molar-refractivity contribution < 1.29 is 4.79 Å². The van der Waals surface area contributed by atoms with Gasteiger partial charge in [-0.3, -0.25) is 4.79 Å². The van der Waals surface area contributed by atoms with Gasteiger partial charge in [0, 0.05) is 24.0 Å². The summed E-state index contributed by atoms with van der Waals surface area (Å²) >= 11 is 0. The average Bonchev–Trinajstić information content (AvgIpc) is 2.87. The van der Waals surface area contributed by atoms with E-state index in [4.69, 9.17) is 0 Å². The second-order valence-electron chi connectivity index (χ2n) is 5.81. The third-order valence-electron chi connectivity index (χ3n) is 4.23. The van der Waals surface area contributed by atoms with Crippen LogP contribution in [-0.4, -0.2) is 17.0 Å². The van der Waals surface area contributed by atoms with Gasteiger partial charge in [0.15, 0.2) is 0 Å². The number of nitrogens with one attached hydrogen (secondary N) is 1. The molecule has 0 aliphatic carbocycles. The molecule has 4 heteroatoms. The molecular formula is C18H17N2OP. The number of amides is 1. The molecule has 1 unspecified atom stereocenters. The Labute approximate surface area is 131 Å². The highest BCUT2D eigenvalue weighted by Gasteiger charge is 2.21. The predicted molar refractivity (Wildman–Crippen MR) is 93.8 cm³/mol. The fourth-order valence-corrected chi connectivity index (χ4v) is 3.53. The second kappa shape index (κ2) is 4.96. The standard InChI is InChI=1S/C18H17N2OP/c1-11-2-4-12(5-3-11)15-10-14(22)8-13-9-16-18(21)19-6-7-20(16)17(13)15/h2-5,8-10H,6-7,22H2,1H3,(H,19,21). The number of hydrogen-bond donors (Lipinski definition) is 1. The predicted octanol–water partition coefficient (Wildman–Crippen LogP) is 2.86. The quantitative estimate of drug-likeness (QED) is 0.689. The summed E-state index contributed by atoms with van der Waals surface area (Å²) in [4.78, 5) is 12.1. The molecule has 1 aliphatic rings. The van der Waals surface area contributed by atoms with Crippen LogP contribution in [0.5, 0.6) is 0 Å². The van der Waals surface area contributed by atoms with Crippen LogP contribution in [-0.2, 0) is 6.54 Å². The minimum absolute atomic E-state index is 0.0163. The highest BCUT2D eigenvalue weighted by atomic mass is 31.0. The zero-order chi connectivity index (χ0) is 15.3. The summed E-state index contributed by atoms with van der Waals surface area (Å²) in [6, 6.07) is 14.9. The normalized spacial score (nSPS) is 14.0. The number of fused-ring (bicyclic) bond motifs is 3. The number of aromatic nitrogens is 1. The molecule has 1 aromatic heterocycles. The van der Waals surface area contributed by atoms with Crippen molar-refractivity contribution in [3.8, 4) is 11.1 Å². The molecular weight excluding hydrogens is 291 g/mol. The molecule has 3 nitrogen and oxygen atoms in total. The monoisotopic (exact) mass is 308 g/mol. The third-order valence-corrected chi connectivity index (χ3v) is 4.56. The van der Waals surface area contributed by atoms with Crippen LogP contribution >= 0.6 is 9.24 Å². The van der Waals surface area contributed by atoms with E-state index in [1.807, 2.05) is 6.07 Å². The van der Waals surface area contributed by atoms with E-state index in [2.05, 4.69) is 62.4 Å². The van der Waals surface area contributed by atoms with Crippen molar-refractivity contribution in [1.82, 2.24) is 9.88 Å². The lowest BCUT2D eigenvalue weighted by Crippen LogP contribution is -2.34. The van der Waals surface area contributed by atoms with Crippen molar-refractivity contribution in [2.45, 2.75) is 13.5 Å². The van der Waals surface area contributed by atoms with Gasteiger partial charge in [-0.15, -0.1) is 9.24 Å². The topological polar surface area (TPSA) is 34.0 Å². The minimum atomic E-state index is 0.0163. The van der Waals surface area contributed by atoms with E-state index < -0.39 is 0 Å². The lowest BCUT2D eigenvalue weighted by molar-refractivity contribution is 0.0929. The molecule has 0 saturated heterocycles. The second-order valence-corrected chi connectivity index (χ2v) is 6.48. The van der Waals surface area contributed by atoms with Gasteiger partial charge in [0.1, 0.15) is 5.69 Å². The summed E-state index contributed by atoms with van der Waals surface area (Å²) in [5.74, 6) is 0.0163. The van der Waals surface area contributed by atoms with Crippen molar-refractivity contribution in [3.05, 3.63) is 53.7 Å². The Morgan fingerprint density at radius 2 is 1.91 bits per heavy atom. The maximum absolute atomic E-state index is 12.1. The Morgan fingerprint density at radius 1 is 1.14 bits per heavy atom. The van der Waals surface area contributed by atoms with Gasteiger partial charge in [0.2, 0.25) is 0 Å². The molecule has 1 N–H and O–H groups in total. The molecule has 0 saturated carbocycles. The van der Waals surface area contributed by atoms with Gasteiger partial charge in [0.05, 0.1) is 5.52 Å². The van der Waals surface area contributed by atoms with Gasteiger partial charge in [-0.1, -0.05) is 29.8 Å². The molecule has 4 rings (SSSR count). The minimum Gasteiger partial charge on any atom is -0.349 e. The summed E-state index contributed by atoms with van der Waals surface area (Å²) in [5.41, 5.74) is 5.53. The van der Waals surface area contributed by atoms with E-state index in [0.29, 0.717) is 6.54 Å². The Balaban J connectivity index is 2.05. The Hall–Kier alpha value is -2.12. The highest BCUT2D eigenvalue weighted by molar-refractivity contribution is 7.27.